The summed E-state index contributed by atoms with van der Waals surface area (Å²) in [5.41, 5.74) is 8.78. The Morgan fingerprint density at radius 1 is 1.38 bits per heavy atom. The maximum atomic E-state index is 5.92. The fraction of sp³-hybridized carbons (Fsp3) is 0.571. The van der Waals surface area contributed by atoms with Crippen molar-refractivity contribution in [1.82, 2.24) is 0 Å². The summed E-state index contributed by atoms with van der Waals surface area (Å²) in [5, 5.41) is 0. The lowest BCUT2D eigenvalue weighted by molar-refractivity contribution is -0.116. The molecule has 1 aromatic carbocycles. The van der Waals surface area contributed by atoms with Crippen molar-refractivity contribution in [2.24, 2.45) is 11.1 Å². The van der Waals surface area contributed by atoms with Crippen LogP contribution in [0.25, 0.3) is 0 Å². The standard InChI is InChI=1S/C14H21NO/c1-11-5-4-6-12(7-11)14(9-16-10-14)13(2,3)8-15/h4-7H,8-10,15H2,1-3H3. The van der Waals surface area contributed by atoms with E-state index in [0.29, 0.717) is 6.54 Å². The normalized spacial score (nSPS) is 19.2. The van der Waals surface area contributed by atoms with Gasteiger partial charge in [-0.25, -0.2) is 0 Å². The zero-order valence-electron chi connectivity index (χ0n) is 10.4. The molecular formula is C14H21NO. The van der Waals surface area contributed by atoms with E-state index < -0.39 is 0 Å². The second kappa shape index (κ2) is 3.86. The van der Waals surface area contributed by atoms with E-state index in [1.165, 1.54) is 11.1 Å². The van der Waals surface area contributed by atoms with Crippen molar-refractivity contribution in [2.45, 2.75) is 26.2 Å². The molecule has 0 radical (unpaired) electrons. The van der Waals surface area contributed by atoms with Crippen LogP contribution in [0.15, 0.2) is 24.3 Å². The van der Waals surface area contributed by atoms with E-state index in [0.717, 1.165) is 13.2 Å². The van der Waals surface area contributed by atoms with Crippen molar-refractivity contribution < 1.29 is 4.74 Å². The first-order valence-corrected chi connectivity index (χ1v) is 5.87. The summed E-state index contributed by atoms with van der Waals surface area (Å²) in [5.74, 6) is 0. The number of hydrogen-bond acceptors (Lipinski definition) is 2. The van der Waals surface area contributed by atoms with Crippen LogP contribution in [0.5, 0.6) is 0 Å². The van der Waals surface area contributed by atoms with Crippen molar-refractivity contribution >= 4 is 0 Å². The third kappa shape index (κ3) is 1.57. The predicted octanol–water partition coefficient (Wildman–Crippen LogP) is 2.25. The van der Waals surface area contributed by atoms with Crippen LogP contribution in [0.4, 0.5) is 0 Å². The Kier molecular flexibility index (Phi) is 2.81. The molecule has 16 heavy (non-hydrogen) atoms. The first kappa shape index (κ1) is 11.6. The highest BCUT2D eigenvalue weighted by atomic mass is 16.5. The highest BCUT2D eigenvalue weighted by Gasteiger charge is 2.51. The molecule has 1 saturated heterocycles. The quantitative estimate of drug-likeness (QED) is 0.846. The predicted molar refractivity (Wildman–Crippen MR) is 66.5 cm³/mol. The van der Waals surface area contributed by atoms with E-state index in [1.807, 2.05) is 0 Å². The third-order valence-corrected chi connectivity index (χ3v) is 4.07. The van der Waals surface area contributed by atoms with Crippen molar-refractivity contribution in [3.8, 4) is 0 Å². The van der Waals surface area contributed by atoms with Crippen LogP contribution in [-0.4, -0.2) is 19.8 Å². The summed E-state index contributed by atoms with van der Waals surface area (Å²) < 4.78 is 5.47. The van der Waals surface area contributed by atoms with E-state index in [4.69, 9.17) is 10.5 Å². The molecule has 2 heteroatoms. The molecule has 2 nitrogen and oxygen atoms in total. The minimum Gasteiger partial charge on any atom is -0.379 e. The van der Waals surface area contributed by atoms with Gasteiger partial charge < -0.3 is 10.5 Å². The van der Waals surface area contributed by atoms with Gasteiger partial charge >= 0.3 is 0 Å². The zero-order chi connectivity index (χ0) is 11.8. The SMILES string of the molecule is Cc1cccc(C2(C(C)(C)CN)COC2)c1. The number of aryl methyl sites for hydroxylation is 1. The molecule has 1 aromatic rings. The molecule has 0 amide bonds. The van der Waals surface area contributed by atoms with Gasteiger partial charge in [0.2, 0.25) is 0 Å². The summed E-state index contributed by atoms with van der Waals surface area (Å²) in [6.07, 6.45) is 0. The van der Waals surface area contributed by atoms with Gasteiger partial charge in [-0.05, 0) is 24.4 Å². The van der Waals surface area contributed by atoms with E-state index in [2.05, 4.69) is 45.0 Å². The van der Waals surface area contributed by atoms with Gasteiger partial charge in [0.05, 0.1) is 13.2 Å². The van der Waals surface area contributed by atoms with Crippen LogP contribution >= 0.6 is 0 Å². The maximum absolute atomic E-state index is 5.92. The van der Waals surface area contributed by atoms with Gasteiger partial charge in [0, 0.05) is 5.41 Å². The largest absolute Gasteiger partial charge is 0.379 e. The van der Waals surface area contributed by atoms with Crippen molar-refractivity contribution in [1.29, 1.82) is 0 Å². The van der Waals surface area contributed by atoms with Crippen LogP contribution in [0.3, 0.4) is 0 Å². The molecule has 2 rings (SSSR count). The Labute approximate surface area is 97.8 Å². The number of benzene rings is 1. The molecule has 1 fully saturated rings. The average Bonchev–Trinajstić information content (AvgIpc) is 2.15. The van der Waals surface area contributed by atoms with Crippen molar-refractivity contribution in [3.05, 3.63) is 35.4 Å². The highest BCUT2D eigenvalue weighted by Crippen LogP contribution is 2.46. The lowest BCUT2D eigenvalue weighted by Crippen LogP contribution is -2.59. The number of ether oxygens (including phenoxy) is 1. The summed E-state index contributed by atoms with van der Waals surface area (Å²) in [7, 11) is 0. The minimum absolute atomic E-state index is 0.0824. The molecule has 2 N–H and O–H groups in total. The number of nitrogens with two attached hydrogens (primary N) is 1. The number of hydrogen-bond donors (Lipinski definition) is 1. The molecule has 88 valence electrons. The molecule has 0 bridgehead atoms. The van der Waals surface area contributed by atoms with Crippen LogP contribution in [-0.2, 0) is 10.2 Å². The topological polar surface area (TPSA) is 35.2 Å². The van der Waals surface area contributed by atoms with Gasteiger partial charge in [0.15, 0.2) is 0 Å². The Morgan fingerprint density at radius 3 is 2.50 bits per heavy atom. The van der Waals surface area contributed by atoms with E-state index in [-0.39, 0.29) is 10.8 Å². The molecule has 0 unspecified atom stereocenters. The van der Waals surface area contributed by atoms with Gasteiger partial charge in [-0.15, -0.1) is 0 Å². The first-order valence-electron chi connectivity index (χ1n) is 5.87. The lowest BCUT2D eigenvalue weighted by atomic mass is 9.60. The molecule has 1 heterocycles. The molecule has 0 spiro atoms. The molecular weight excluding hydrogens is 198 g/mol. The van der Waals surface area contributed by atoms with E-state index in [1.54, 1.807) is 0 Å². The summed E-state index contributed by atoms with van der Waals surface area (Å²) in [4.78, 5) is 0. The third-order valence-electron chi connectivity index (χ3n) is 4.07. The summed E-state index contributed by atoms with van der Waals surface area (Å²) >= 11 is 0. The number of rotatable bonds is 3. The molecule has 0 atom stereocenters. The molecule has 0 saturated carbocycles. The fourth-order valence-electron chi connectivity index (χ4n) is 2.39. The van der Waals surface area contributed by atoms with E-state index in [9.17, 15) is 0 Å². The Bertz CT molecular complexity index is 380. The summed E-state index contributed by atoms with van der Waals surface area (Å²) in [6.45, 7) is 8.87. The second-order valence-corrected chi connectivity index (χ2v) is 5.53. The van der Waals surface area contributed by atoms with Gasteiger partial charge in [-0.3, -0.25) is 0 Å². The zero-order valence-corrected chi connectivity index (χ0v) is 10.4. The smallest absolute Gasteiger partial charge is 0.0591 e. The van der Waals surface area contributed by atoms with Gasteiger partial charge in [-0.2, -0.15) is 0 Å². The summed E-state index contributed by atoms with van der Waals surface area (Å²) in [6, 6.07) is 8.72. The van der Waals surface area contributed by atoms with Gasteiger partial charge in [0.1, 0.15) is 0 Å². The van der Waals surface area contributed by atoms with Crippen LogP contribution in [0.1, 0.15) is 25.0 Å². The van der Waals surface area contributed by atoms with E-state index >= 15 is 0 Å². The highest BCUT2D eigenvalue weighted by molar-refractivity contribution is 5.34. The van der Waals surface area contributed by atoms with Crippen LogP contribution in [0.2, 0.25) is 0 Å². The van der Waals surface area contributed by atoms with Gasteiger partial charge in [-0.1, -0.05) is 43.7 Å². The Balaban J connectivity index is 2.43. The molecule has 1 aliphatic rings. The average molecular weight is 219 g/mol. The van der Waals surface area contributed by atoms with Crippen LogP contribution in [0, 0.1) is 12.3 Å². The fourth-order valence-corrected chi connectivity index (χ4v) is 2.39. The minimum atomic E-state index is 0.0824. The Hall–Kier alpha value is -0.860. The molecule has 1 aliphatic heterocycles. The maximum Gasteiger partial charge on any atom is 0.0591 e. The molecule has 0 aromatic heterocycles. The van der Waals surface area contributed by atoms with Crippen LogP contribution < -0.4 is 5.73 Å². The van der Waals surface area contributed by atoms with Crippen molar-refractivity contribution in [2.75, 3.05) is 19.8 Å². The van der Waals surface area contributed by atoms with Gasteiger partial charge in [0.25, 0.3) is 0 Å². The lowest BCUT2D eigenvalue weighted by Gasteiger charge is -2.52. The van der Waals surface area contributed by atoms with Crippen molar-refractivity contribution in [3.63, 3.8) is 0 Å². The second-order valence-electron chi connectivity index (χ2n) is 5.53. The monoisotopic (exact) mass is 219 g/mol. The Morgan fingerprint density at radius 2 is 2.06 bits per heavy atom. The first-order chi connectivity index (χ1) is 7.52. The molecule has 0 aliphatic carbocycles.